The summed E-state index contributed by atoms with van der Waals surface area (Å²) in [5.41, 5.74) is 6.03. The Hall–Kier alpha value is -0.830. The van der Waals surface area contributed by atoms with E-state index in [1.165, 1.54) is 17.5 Å². The largest absolute Gasteiger partial charge is 0.371 e. The van der Waals surface area contributed by atoms with Gasteiger partial charge >= 0.3 is 0 Å². The SMILES string of the molecule is CN(C)CCCC1(C)OCCC2=C1Cc1ccccc12.Cl. The van der Waals surface area contributed by atoms with Crippen molar-refractivity contribution in [3.05, 3.63) is 41.0 Å². The lowest BCUT2D eigenvalue weighted by atomic mass is 9.84. The van der Waals surface area contributed by atoms with Crippen molar-refractivity contribution in [1.29, 1.82) is 0 Å². The summed E-state index contributed by atoms with van der Waals surface area (Å²) in [4.78, 5) is 2.25. The molecular weight excluding hydrogens is 282 g/mol. The van der Waals surface area contributed by atoms with E-state index in [2.05, 4.69) is 50.2 Å². The normalized spacial score (nSPS) is 23.8. The lowest BCUT2D eigenvalue weighted by Crippen LogP contribution is -2.36. The van der Waals surface area contributed by atoms with E-state index in [1.54, 1.807) is 11.1 Å². The molecule has 1 atom stereocenters. The second kappa shape index (κ2) is 6.51. The lowest BCUT2D eigenvalue weighted by Gasteiger charge is -2.36. The molecule has 1 unspecified atom stereocenters. The number of halogens is 1. The Bertz CT molecular complexity index is 538. The van der Waals surface area contributed by atoms with Gasteiger partial charge in [0.25, 0.3) is 0 Å². The van der Waals surface area contributed by atoms with E-state index < -0.39 is 0 Å². The van der Waals surface area contributed by atoms with E-state index in [0.29, 0.717) is 0 Å². The second-order valence-corrected chi connectivity index (χ2v) is 6.53. The van der Waals surface area contributed by atoms with Crippen molar-refractivity contribution in [3.8, 4) is 0 Å². The number of hydrogen-bond donors (Lipinski definition) is 0. The number of benzene rings is 1. The molecule has 2 nitrogen and oxygen atoms in total. The van der Waals surface area contributed by atoms with Crippen molar-refractivity contribution < 1.29 is 4.74 Å². The van der Waals surface area contributed by atoms with Crippen molar-refractivity contribution in [2.24, 2.45) is 0 Å². The van der Waals surface area contributed by atoms with Gasteiger partial charge in [0.2, 0.25) is 0 Å². The molecule has 0 radical (unpaired) electrons. The lowest BCUT2D eigenvalue weighted by molar-refractivity contribution is -0.0166. The fourth-order valence-corrected chi connectivity index (χ4v) is 3.64. The van der Waals surface area contributed by atoms with Crippen LogP contribution >= 0.6 is 12.4 Å². The molecule has 0 fully saturated rings. The summed E-state index contributed by atoms with van der Waals surface area (Å²) < 4.78 is 6.22. The van der Waals surface area contributed by atoms with Gasteiger partial charge in [-0.15, -0.1) is 12.4 Å². The minimum absolute atomic E-state index is 0. The van der Waals surface area contributed by atoms with Gasteiger partial charge in [-0.3, -0.25) is 0 Å². The van der Waals surface area contributed by atoms with Crippen LogP contribution in [0.4, 0.5) is 0 Å². The average molecular weight is 308 g/mol. The maximum atomic E-state index is 6.22. The van der Waals surface area contributed by atoms with Crippen LogP contribution < -0.4 is 0 Å². The Morgan fingerprint density at radius 1 is 1.24 bits per heavy atom. The smallest absolute Gasteiger partial charge is 0.0873 e. The monoisotopic (exact) mass is 307 g/mol. The molecule has 3 heteroatoms. The fourth-order valence-electron chi connectivity index (χ4n) is 3.64. The van der Waals surface area contributed by atoms with E-state index in [1.807, 2.05) is 0 Å². The van der Waals surface area contributed by atoms with Gasteiger partial charge < -0.3 is 9.64 Å². The molecule has 0 N–H and O–H groups in total. The first kappa shape index (κ1) is 16.5. The van der Waals surface area contributed by atoms with E-state index in [9.17, 15) is 0 Å². The first-order valence-electron chi connectivity index (χ1n) is 7.70. The Balaban J connectivity index is 0.00000161. The molecule has 3 rings (SSSR count). The van der Waals surface area contributed by atoms with E-state index in [4.69, 9.17) is 4.74 Å². The summed E-state index contributed by atoms with van der Waals surface area (Å²) in [5.74, 6) is 0. The number of ether oxygens (including phenoxy) is 1. The van der Waals surface area contributed by atoms with Gasteiger partial charge in [0, 0.05) is 0 Å². The minimum Gasteiger partial charge on any atom is -0.371 e. The number of nitrogens with zero attached hydrogens (tertiary/aromatic N) is 1. The number of hydrogen-bond acceptors (Lipinski definition) is 2. The minimum atomic E-state index is -0.0530. The highest BCUT2D eigenvalue weighted by Crippen LogP contribution is 2.45. The highest BCUT2D eigenvalue weighted by Gasteiger charge is 2.38. The molecule has 1 aromatic carbocycles. The van der Waals surface area contributed by atoms with Crippen molar-refractivity contribution in [3.63, 3.8) is 0 Å². The average Bonchev–Trinajstić information content (AvgIpc) is 2.79. The highest BCUT2D eigenvalue weighted by atomic mass is 35.5. The Morgan fingerprint density at radius 2 is 2.00 bits per heavy atom. The van der Waals surface area contributed by atoms with Crippen LogP contribution in [0.5, 0.6) is 0 Å². The Kier molecular flexibility index (Phi) is 5.13. The second-order valence-electron chi connectivity index (χ2n) is 6.53. The predicted molar refractivity (Wildman–Crippen MR) is 91.1 cm³/mol. The molecule has 0 amide bonds. The van der Waals surface area contributed by atoms with Gasteiger partial charge in [-0.25, -0.2) is 0 Å². The number of rotatable bonds is 4. The zero-order valence-corrected chi connectivity index (χ0v) is 14.1. The zero-order chi connectivity index (χ0) is 14.2. The topological polar surface area (TPSA) is 12.5 Å². The van der Waals surface area contributed by atoms with Crippen LogP contribution in [-0.4, -0.2) is 37.7 Å². The molecule has 1 aliphatic heterocycles. The highest BCUT2D eigenvalue weighted by molar-refractivity contribution is 5.85. The summed E-state index contributed by atoms with van der Waals surface area (Å²) in [7, 11) is 4.28. The summed E-state index contributed by atoms with van der Waals surface area (Å²) >= 11 is 0. The maximum Gasteiger partial charge on any atom is 0.0873 e. The van der Waals surface area contributed by atoms with Crippen molar-refractivity contribution >= 4 is 18.0 Å². The van der Waals surface area contributed by atoms with Crippen LogP contribution in [0.3, 0.4) is 0 Å². The van der Waals surface area contributed by atoms with Crippen molar-refractivity contribution in [1.82, 2.24) is 4.90 Å². The molecule has 2 aliphatic rings. The molecule has 116 valence electrons. The van der Waals surface area contributed by atoms with Gasteiger partial charge in [0.1, 0.15) is 0 Å². The van der Waals surface area contributed by atoms with E-state index in [-0.39, 0.29) is 18.0 Å². The third-order valence-corrected chi connectivity index (χ3v) is 4.74. The van der Waals surface area contributed by atoms with Gasteiger partial charge in [-0.2, -0.15) is 0 Å². The quantitative estimate of drug-likeness (QED) is 0.835. The van der Waals surface area contributed by atoms with E-state index in [0.717, 1.165) is 32.4 Å². The van der Waals surface area contributed by atoms with Gasteiger partial charge in [-0.05, 0) is 75.5 Å². The summed E-state index contributed by atoms with van der Waals surface area (Å²) in [6.07, 6.45) is 4.48. The van der Waals surface area contributed by atoms with Gasteiger partial charge in [-0.1, -0.05) is 24.3 Å². The summed E-state index contributed by atoms with van der Waals surface area (Å²) in [5, 5.41) is 0. The third-order valence-electron chi connectivity index (χ3n) is 4.74. The van der Waals surface area contributed by atoms with Crippen molar-refractivity contribution in [2.75, 3.05) is 27.2 Å². The molecule has 1 aromatic rings. The molecule has 0 bridgehead atoms. The van der Waals surface area contributed by atoms with Gasteiger partial charge in [0.15, 0.2) is 0 Å². The Morgan fingerprint density at radius 3 is 2.76 bits per heavy atom. The maximum absolute atomic E-state index is 6.22. The first-order chi connectivity index (χ1) is 9.60. The van der Waals surface area contributed by atoms with Crippen LogP contribution in [0, 0.1) is 0 Å². The van der Waals surface area contributed by atoms with Crippen LogP contribution in [0.1, 0.15) is 37.3 Å². The van der Waals surface area contributed by atoms with Crippen LogP contribution in [0.2, 0.25) is 0 Å². The molecule has 1 heterocycles. The first-order valence-corrected chi connectivity index (χ1v) is 7.70. The molecule has 0 spiro atoms. The van der Waals surface area contributed by atoms with Gasteiger partial charge in [0.05, 0.1) is 12.2 Å². The zero-order valence-electron chi connectivity index (χ0n) is 13.3. The predicted octanol–water partition coefficient (Wildman–Crippen LogP) is 3.94. The van der Waals surface area contributed by atoms with E-state index >= 15 is 0 Å². The molecule has 0 saturated heterocycles. The number of fused-ring (bicyclic) bond motifs is 2. The molecule has 1 aliphatic carbocycles. The standard InChI is InChI=1S/C18H25NO.ClH/c1-18(10-6-11-19(2)3)17-13-14-7-4-5-8-15(14)16(17)9-12-20-18;/h4-5,7-8H,6,9-13H2,1-3H3;1H. The molecule has 21 heavy (non-hydrogen) atoms. The van der Waals surface area contributed by atoms with Crippen molar-refractivity contribution in [2.45, 2.75) is 38.2 Å². The Labute approximate surface area is 134 Å². The fraction of sp³-hybridized carbons (Fsp3) is 0.556. The van der Waals surface area contributed by atoms with Crippen LogP contribution in [-0.2, 0) is 11.2 Å². The summed E-state index contributed by atoms with van der Waals surface area (Å²) in [6, 6.07) is 8.87. The molecule has 0 aromatic heterocycles. The van der Waals surface area contributed by atoms with Crippen LogP contribution in [0.25, 0.3) is 5.57 Å². The summed E-state index contributed by atoms with van der Waals surface area (Å²) in [6.45, 7) is 4.29. The molecule has 0 saturated carbocycles. The third kappa shape index (κ3) is 3.18. The van der Waals surface area contributed by atoms with Crippen LogP contribution in [0.15, 0.2) is 29.8 Å². The molecular formula is C18H26ClNO.